The fraction of sp³-hybridized carbons (Fsp3) is 0.0588. The lowest BCUT2D eigenvalue weighted by atomic mass is 10.2. The average molecular weight is 459 g/mol. The lowest BCUT2D eigenvalue weighted by Gasteiger charge is -2.14. The summed E-state index contributed by atoms with van der Waals surface area (Å²) in [6, 6.07) is 9.55. The zero-order chi connectivity index (χ0) is 18.1. The molecular weight excluding hydrogens is 449 g/mol. The number of hydrogen-bond acceptors (Lipinski definition) is 4. The molecule has 1 aliphatic rings. The Morgan fingerprint density at radius 1 is 1.32 bits per heavy atom. The quantitative estimate of drug-likeness (QED) is 0.439. The Labute approximate surface area is 166 Å². The molecule has 0 unspecified atom stereocenters. The van der Waals surface area contributed by atoms with Crippen molar-refractivity contribution in [1.82, 2.24) is 0 Å². The number of anilines is 1. The minimum Gasteiger partial charge on any atom is -0.496 e. The monoisotopic (exact) mass is 457 g/mol. The number of nitrogens with zero attached hydrogens (tertiary/aromatic N) is 1. The van der Waals surface area contributed by atoms with Crippen LogP contribution < -0.4 is 9.64 Å². The van der Waals surface area contributed by atoms with Gasteiger partial charge in [0.05, 0.1) is 22.7 Å². The highest BCUT2D eigenvalue weighted by molar-refractivity contribution is 9.10. The Kier molecular flexibility index (Phi) is 5.48. The second kappa shape index (κ2) is 7.45. The van der Waals surface area contributed by atoms with E-state index in [1.54, 1.807) is 19.3 Å². The summed E-state index contributed by atoms with van der Waals surface area (Å²) in [6.45, 7) is 0. The minimum atomic E-state index is -0.551. The third kappa shape index (κ3) is 3.74. The average Bonchev–Trinajstić information content (AvgIpc) is 2.84. The van der Waals surface area contributed by atoms with Crippen LogP contribution in [0.15, 0.2) is 45.8 Å². The van der Waals surface area contributed by atoms with E-state index in [4.69, 9.17) is 28.6 Å². The number of halogens is 3. The lowest BCUT2D eigenvalue weighted by molar-refractivity contribution is -0.113. The van der Waals surface area contributed by atoms with Gasteiger partial charge in [-0.3, -0.25) is 9.69 Å². The van der Waals surface area contributed by atoms with E-state index in [-0.39, 0.29) is 10.9 Å². The molecule has 0 radical (unpaired) electrons. The first-order valence-electron chi connectivity index (χ1n) is 6.97. The molecule has 1 heterocycles. The van der Waals surface area contributed by atoms with Crippen molar-refractivity contribution in [3.63, 3.8) is 0 Å². The van der Waals surface area contributed by atoms with Crippen LogP contribution in [0.25, 0.3) is 6.08 Å². The first-order valence-corrected chi connectivity index (χ1v) is 9.37. The summed E-state index contributed by atoms with van der Waals surface area (Å²) in [7, 11) is 1.56. The van der Waals surface area contributed by atoms with E-state index in [2.05, 4.69) is 15.9 Å². The maximum Gasteiger partial charge on any atom is 0.270 e. The summed E-state index contributed by atoms with van der Waals surface area (Å²) >= 11 is 15.7. The van der Waals surface area contributed by atoms with E-state index in [0.29, 0.717) is 20.7 Å². The summed E-state index contributed by atoms with van der Waals surface area (Å²) in [5.74, 6) is -0.205. The smallest absolute Gasteiger partial charge is 0.270 e. The van der Waals surface area contributed by atoms with Gasteiger partial charge in [0.25, 0.3) is 5.91 Å². The molecule has 2 aromatic rings. The maximum atomic E-state index is 13.4. The zero-order valence-electron chi connectivity index (χ0n) is 12.8. The van der Waals surface area contributed by atoms with E-state index < -0.39 is 5.82 Å². The number of amides is 1. The first kappa shape index (κ1) is 18.4. The van der Waals surface area contributed by atoms with Gasteiger partial charge in [0, 0.05) is 10.0 Å². The van der Waals surface area contributed by atoms with Crippen molar-refractivity contribution in [2.45, 2.75) is 0 Å². The minimum absolute atomic E-state index is 0.0656. The third-order valence-corrected chi connectivity index (χ3v) is 5.52. The number of carbonyl (C=O) groups excluding carboxylic acids is 1. The highest BCUT2D eigenvalue weighted by Crippen LogP contribution is 2.38. The predicted octanol–water partition coefficient (Wildman–Crippen LogP) is 5.66. The second-order valence-electron chi connectivity index (χ2n) is 5.00. The third-order valence-electron chi connectivity index (χ3n) is 3.43. The molecule has 2 aromatic carbocycles. The molecule has 0 aromatic heterocycles. The molecule has 1 fully saturated rings. The van der Waals surface area contributed by atoms with Crippen molar-refractivity contribution in [2.75, 3.05) is 12.0 Å². The summed E-state index contributed by atoms with van der Waals surface area (Å²) in [4.78, 5) is 14.5. The predicted molar refractivity (Wildman–Crippen MR) is 108 cm³/mol. The van der Waals surface area contributed by atoms with Crippen LogP contribution in [0.2, 0.25) is 5.02 Å². The van der Waals surface area contributed by atoms with Crippen LogP contribution in [-0.4, -0.2) is 17.3 Å². The largest absolute Gasteiger partial charge is 0.496 e. The molecule has 128 valence electrons. The van der Waals surface area contributed by atoms with E-state index in [1.165, 1.54) is 34.9 Å². The normalized spacial score (nSPS) is 16.0. The molecule has 0 N–H and O–H groups in total. The SMILES string of the molecule is COc1ccc(Br)cc1C=C1SC(=S)N(c2ccc(F)c(Cl)c2)C1=O. The Hall–Kier alpha value is -1.41. The lowest BCUT2D eigenvalue weighted by Crippen LogP contribution is -2.27. The zero-order valence-corrected chi connectivity index (χ0v) is 16.7. The van der Waals surface area contributed by atoms with Crippen LogP contribution in [0.1, 0.15) is 5.56 Å². The number of benzene rings is 2. The van der Waals surface area contributed by atoms with Crippen LogP contribution in [0.3, 0.4) is 0 Å². The molecule has 0 spiro atoms. The Morgan fingerprint density at radius 3 is 2.76 bits per heavy atom. The molecule has 0 atom stereocenters. The van der Waals surface area contributed by atoms with Gasteiger partial charge in [0.15, 0.2) is 4.32 Å². The summed E-state index contributed by atoms with van der Waals surface area (Å²) in [5, 5.41) is -0.0656. The summed E-state index contributed by atoms with van der Waals surface area (Å²) in [6.07, 6.45) is 1.72. The molecule has 25 heavy (non-hydrogen) atoms. The van der Waals surface area contributed by atoms with Crippen molar-refractivity contribution in [3.8, 4) is 5.75 Å². The van der Waals surface area contributed by atoms with E-state index in [0.717, 1.165) is 10.0 Å². The number of methoxy groups -OCH3 is 1. The van der Waals surface area contributed by atoms with Crippen molar-refractivity contribution in [2.24, 2.45) is 0 Å². The summed E-state index contributed by atoms with van der Waals surface area (Å²) < 4.78 is 19.9. The fourth-order valence-corrected chi connectivity index (χ4v) is 4.12. The molecule has 0 saturated carbocycles. The maximum absolute atomic E-state index is 13.4. The van der Waals surface area contributed by atoms with E-state index in [1.807, 2.05) is 12.1 Å². The van der Waals surface area contributed by atoms with Gasteiger partial charge in [-0.1, -0.05) is 51.5 Å². The molecule has 1 aliphatic heterocycles. The number of thiocarbonyl (C=S) groups is 1. The Morgan fingerprint density at radius 2 is 2.08 bits per heavy atom. The van der Waals surface area contributed by atoms with Gasteiger partial charge in [-0.2, -0.15) is 0 Å². The molecule has 1 amide bonds. The first-order chi connectivity index (χ1) is 11.9. The molecule has 8 heteroatoms. The second-order valence-corrected chi connectivity index (χ2v) is 8.00. The number of thioether (sulfide) groups is 1. The molecular formula is C17H10BrClFNO2S2. The van der Waals surface area contributed by atoms with Crippen LogP contribution in [0.4, 0.5) is 10.1 Å². The Bertz CT molecular complexity index is 920. The number of hydrogen-bond donors (Lipinski definition) is 0. The van der Waals surface area contributed by atoms with Gasteiger partial charge in [0.2, 0.25) is 0 Å². The molecule has 3 nitrogen and oxygen atoms in total. The van der Waals surface area contributed by atoms with E-state index in [9.17, 15) is 9.18 Å². The van der Waals surface area contributed by atoms with Crippen LogP contribution in [-0.2, 0) is 4.79 Å². The summed E-state index contributed by atoms with van der Waals surface area (Å²) in [5.41, 5.74) is 1.17. The number of carbonyl (C=O) groups is 1. The van der Waals surface area contributed by atoms with E-state index >= 15 is 0 Å². The van der Waals surface area contributed by atoms with Gasteiger partial charge < -0.3 is 4.74 Å². The number of rotatable bonds is 3. The van der Waals surface area contributed by atoms with Crippen molar-refractivity contribution >= 4 is 73.5 Å². The van der Waals surface area contributed by atoms with Crippen molar-refractivity contribution < 1.29 is 13.9 Å². The van der Waals surface area contributed by atoms with Gasteiger partial charge in [-0.05, 0) is 42.5 Å². The van der Waals surface area contributed by atoms with Crippen molar-refractivity contribution in [3.05, 3.63) is 62.2 Å². The van der Waals surface area contributed by atoms with Crippen molar-refractivity contribution in [1.29, 1.82) is 0 Å². The van der Waals surface area contributed by atoms with Crippen LogP contribution >= 0.6 is 51.5 Å². The Balaban J connectivity index is 1.99. The van der Waals surface area contributed by atoms with Crippen LogP contribution in [0, 0.1) is 5.82 Å². The van der Waals surface area contributed by atoms with Gasteiger partial charge in [0.1, 0.15) is 11.6 Å². The standard InChI is InChI=1S/C17H10BrClFNO2S2/c1-23-14-5-2-10(18)6-9(14)7-15-16(22)21(17(24)25-15)11-3-4-13(20)12(19)8-11/h2-8H,1H3. The molecule has 1 saturated heterocycles. The highest BCUT2D eigenvalue weighted by atomic mass is 79.9. The topological polar surface area (TPSA) is 29.5 Å². The molecule has 0 bridgehead atoms. The number of ether oxygens (including phenoxy) is 1. The molecule has 3 rings (SSSR count). The van der Waals surface area contributed by atoms with Crippen LogP contribution in [0.5, 0.6) is 5.75 Å². The van der Waals surface area contributed by atoms with Gasteiger partial charge >= 0.3 is 0 Å². The fourth-order valence-electron chi connectivity index (χ4n) is 2.27. The molecule has 0 aliphatic carbocycles. The highest BCUT2D eigenvalue weighted by Gasteiger charge is 2.33. The van der Waals surface area contributed by atoms with Gasteiger partial charge in [-0.25, -0.2) is 4.39 Å². The van der Waals surface area contributed by atoms with Gasteiger partial charge in [-0.15, -0.1) is 0 Å².